The fraction of sp³-hybridized carbons (Fsp3) is 0.750. The van der Waals surface area contributed by atoms with Crippen LogP contribution in [0.2, 0.25) is 0 Å². The molecule has 3 nitrogen and oxygen atoms in total. The van der Waals surface area contributed by atoms with Crippen LogP contribution in [0.1, 0.15) is 19.3 Å². The van der Waals surface area contributed by atoms with E-state index in [0.717, 1.165) is 19.3 Å². The minimum absolute atomic E-state index is 0.0822. The minimum atomic E-state index is 0.0822. The Morgan fingerprint density at radius 2 is 2.27 bits per heavy atom. The maximum Gasteiger partial charge on any atom is 0.153 e. The van der Waals surface area contributed by atoms with Crippen LogP contribution in [0.25, 0.3) is 0 Å². The van der Waals surface area contributed by atoms with Gasteiger partial charge in [-0.05, 0) is 19.3 Å². The average Bonchev–Trinajstić information content (AvgIpc) is 2.27. The zero-order chi connectivity index (χ0) is 8.10. The maximum absolute atomic E-state index is 5.22. The summed E-state index contributed by atoms with van der Waals surface area (Å²) in [6.45, 7) is 0. The van der Waals surface area contributed by atoms with E-state index < -0.39 is 0 Å². The van der Waals surface area contributed by atoms with Crippen LogP contribution >= 0.6 is 0 Å². The highest BCUT2D eigenvalue weighted by Crippen LogP contribution is 2.14. The highest BCUT2D eigenvalue weighted by Gasteiger charge is 2.15. The second-order valence-corrected chi connectivity index (χ2v) is 2.55. The molecule has 64 valence electrons. The van der Waals surface area contributed by atoms with Crippen molar-refractivity contribution in [3.05, 3.63) is 12.3 Å². The van der Waals surface area contributed by atoms with Crippen molar-refractivity contribution in [2.24, 2.45) is 0 Å². The standard InChI is InChI=1S/C8H15NO2/c1-10-8-6-4-3-5-7-9(8)11-2/h5,7-8H,3-4,6H2,1-2H3. The molecule has 1 heterocycles. The maximum atomic E-state index is 5.22. The molecular weight excluding hydrogens is 142 g/mol. The number of rotatable bonds is 2. The van der Waals surface area contributed by atoms with Crippen molar-refractivity contribution in [3.63, 3.8) is 0 Å². The number of methoxy groups -OCH3 is 1. The van der Waals surface area contributed by atoms with E-state index in [1.165, 1.54) is 0 Å². The molecule has 3 heteroatoms. The number of hydrogen-bond acceptors (Lipinski definition) is 3. The molecule has 0 aromatic carbocycles. The largest absolute Gasteiger partial charge is 0.359 e. The zero-order valence-electron chi connectivity index (χ0n) is 7.12. The first-order valence-electron chi connectivity index (χ1n) is 3.90. The Balaban J connectivity index is 2.51. The molecule has 0 aromatic rings. The Kier molecular flexibility index (Phi) is 3.39. The van der Waals surface area contributed by atoms with Crippen molar-refractivity contribution in [2.45, 2.75) is 25.5 Å². The van der Waals surface area contributed by atoms with Crippen LogP contribution in [0.3, 0.4) is 0 Å². The van der Waals surface area contributed by atoms with Crippen LogP contribution in [0.4, 0.5) is 0 Å². The Morgan fingerprint density at radius 3 is 2.91 bits per heavy atom. The van der Waals surface area contributed by atoms with E-state index in [9.17, 15) is 0 Å². The summed E-state index contributed by atoms with van der Waals surface area (Å²) in [5.41, 5.74) is 0. The summed E-state index contributed by atoms with van der Waals surface area (Å²) < 4.78 is 5.22. The lowest BCUT2D eigenvalue weighted by atomic mass is 10.2. The van der Waals surface area contributed by atoms with Gasteiger partial charge in [-0.25, -0.2) is 5.06 Å². The van der Waals surface area contributed by atoms with Crippen molar-refractivity contribution < 1.29 is 9.57 Å². The van der Waals surface area contributed by atoms with Crippen molar-refractivity contribution in [2.75, 3.05) is 14.2 Å². The molecule has 1 aliphatic heterocycles. The average molecular weight is 157 g/mol. The van der Waals surface area contributed by atoms with Gasteiger partial charge in [0, 0.05) is 13.3 Å². The number of allylic oxidation sites excluding steroid dienone is 1. The lowest BCUT2D eigenvalue weighted by Crippen LogP contribution is -2.30. The molecule has 11 heavy (non-hydrogen) atoms. The first-order chi connectivity index (χ1) is 5.38. The van der Waals surface area contributed by atoms with Gasteiger partial charge in [0.2, 0.25) is 0 Å². The molecule has 0 bridgehead atoms. The predicted molar refractivity (Wildman–Crippen MR) is 42.6 cm³/mol. The molecule has 1 unspecified atom stereocenters. The van der Waals surface area contributed by atoms with Gasteiger partial charge in [-0.2, -0.15) is 0 Å². The highest BCUT2D eigenvalue weighted by atomic mass is 16.7. The smallest absolute Gasteiger partial charge is 0.153 e. The summed E-state index contributed by atoms with van der Waals surface area (Å²) in [5.74, 6) is 0. The quantitative estimate of drug-likeness (QED) is 0.606. The first-order valence-corrected chi connectivity index (χ1v) is 3.90. The molecule has 0 saturated heterocycles. The lowest BCUT2D eigenvalue weighted by Gasteiger charge is -2.25. The molecule has 0 saturated carbocycles. The molecule has 0 aliphatic carbocycles. The summed E-state index contributed by atoms with van der Waals surface area (Å²) in [7, 11) is 3.36. The summed E-state index contributed by atoms with van der Waals surface area (Å²) in [6, 6.07) is 0. The van der Waals surface area contributed by atoms with Gasteiger partial charge < -0.3 is 4.74 Å². The van der Waals surface area contributed by atoms with Crippen molar-refractivity contribution in [1.29, 1.82) is 0 Å². The Labute approximate surface area is 67.5 Å². The van der Waals surface area contributed by atoms with E-state index >= 15 is 0 Å². The normalized spacial score (nSPS) is 25.3. The van der Waals surface area contributed by atoms with Gasteiger partial charge in [-0.3, -0.25) is 4.84 Å². The van der Waals surface area contributed by atoms with E-state index in [1.807, 2.05) is 6.20 Å². The summed E-state index contributed by atoms with van der Waals surface area (Å²) in [4.78, 5) is 5.10. The van der Waals surface area contributed by atoms with Gasteiger partial charge in [0.1, 0.15) is 0 Å². The summed E-state index contributed by atoms with van der Waals surface area (Å²) in [5, 5.41) is 1.74. The Hall–Kier alpha value is -0.540. The van der Waals surface area contributed by atoms with E-state index in [4.69, 9.17) is 9.57 Å². The van der Waals surface area contributed by atoms with Crippen molar-refractivity contribution >= 4 is 0 Å². The number of nitrogens with zero attached hydrogens (tertiary/aromatic N) is 1. The molecule has 0 radical (unpaired) electrons. The monoisotopic (exact) mass is 157 g/mol. The van der Waals surface area contributed by atoms with Crippen LogP contribution < -0.4 is 0 Å². The van der Waals surface area contributed by atoms with Crippen LogP contribution in [-0.2, 0) is 9.57 Å². The van der Waals surface area contributed by atoms with E-state index in [-0.39, 0.29) is 6.23 Å². The van der Waals surface area contributed by atoms with E-state index in [2.05, 4.69) is 6.08 Å². The topological polar surface area (TPSA) is 21.7 Å². The minimum Gasteiger partial charge on any atom is -0.359 e. The highest BCUT2D eigenvalue weighted by molar-refractivity contribution is 4.83. The molecule has 0 spiro atoms. The lowest BCUT2D eigenvalue weighted by molar-refractivity contribution is -0.196. The second-order valence-electron chi connectivity index (χ2n) is 2.55. The van der Waals surface area contributed by atoms with Gasteiger partial charge in [-0.15, -0.1) is 0 Å². The predicted octanol–water partition coefficient (Wildman–Crippen LogP) is 1.52. The molecule has 0 N–H and O–H groups in total. The number of ether oxygens (including phenoxy) is 1. The Morgan fingerprint density at radius 1 is 1.45 bits per heavy atom. The molecular formula is C8H15NO2. The first kappa shape index (κ1) is 8.56. The van der Waals surface area contributed by atoms with Crippen molar-refractivity contribution in [3.8, 4) is 0 Å². The number of hydrogen-bond donors (Lipinski definition) is 0. The van der Waals surface area contributed by atoms with Crippen LogP contribution in [0, 0.1) is 0 Å². The van der Waals surface area contributed by atoms with Gasteiger partial charge in [0.15, 0.2) is 6.23 Å². The van der Waals surface area contributed by atoms with Gasteiger partial charge in [0.25, 0.3) is 0 Å². The molecule has 1 atom stereocenters. The second kappa shape index (κ2) is 4.36. The van der Waals surface area contributed by atoms with Crippen LogP contribution in [0.5, 0.6) is 0 Å². The fourth-order valence-corrected chi connectivity index (χ4v) is 1.21. The van der Waals surface area contributed by atoms with Gasteiger partial charge >= 0.3 is 0 Å². The SMILES string of the molecule is COC1CCCC=CN1OC. The third-order valence-electron chi connectivity index (χ3n) is 1.84. The third kappa shape index (κ3) is 2.20. The van der Waals surface area contributed by atoms with Crippen LogP contribution in [0.15, 0.2) is 12.3 Å². The molecule has 1 aliphatic rings. The van der Waals surface area contributed by atoms with Gasteiger partial charge in [-0.1, -0.05) is 6.08 Å². The molecule has 0 fully saturated rings. The third-order valence-corrected chi connectivity index (χ3v) is 1.84. The fourth-order valence-electron chi connectivity index (χ4n) is 1.21. The van der Waals surface area contributed by atoms with E-state index in [0.29, 0.717) is 0 Å². The van der Waals surface area contributed by atoms with E-state index in [1.54, 1.807) is 19.3 Å². The molecule has 0 amide bonds. The number of hydroxylamine groups is 2. The molecule has 0 aromatic heterocycles. The van der Waals surface area contributed by atoms with Gasteiger partial charge in [0.05, 0.1) is 7.11 Å². The summed E-state index contributed by atoms with van der Waals surface area (Å²) >= 11 is 0. The summed E-state index contributed by atoms with van der Waals surface area (Å²) in [6.07, 6.45) is 7.41. The van der Waals surface area contributed by atoms with Crippen LogP contribution in [-0.4, -0.2) is 25.5 Å². The molecule has 1 rings (SSSR count). The zero-order valence-corrected chi connectivity index (χ0v) is 7.12. The van der Waals surface area contributed by atoms with Crippen molar-refractivity contribution in [1.82, 2.24) is 5.06 Å². The Bertz CT molecular complexity index is 136.